The van der Waals surface area contributed by atoms with Gasteiger partial charge in [-0.15, -0.1) is 0 Å². The third-order valence-electron chi connectivity index (χ3n) is 5.77. The van der Waals surface area contributed by atoms with Gasteiger partial charge in [0.25, 0.3) is 5.89 Å². The summed E-state index contributed by atoms with van der Waals surface area (Å²) >= 11 is 0. The second kappa shape index (κ2) is 9.62. The number of nitrogens with zero attached hydrogens (tertiary/aromatic N) is 3. The molecular formula is C25H26F2N4O3. The SMILES string of the molecule is COc1ccc(-c2noc(C3=C(C)N(CCC(C)C)C(=O)NC3c3cccc(F)c3)n2)cc1F. The molecule has 34 heavy (non-hydrogen) atoms. The number of benzene rings is 2. The van der Waals surface area contributed by atoms with Crippen molar-refractivity contribution in [1.29, 1.82) is 0 Å². The van der Waals surface area contributed by atoms with Gasteiger partial charge in [0.05, 0.1) is 18.7 Å². The van der Waals surface area contributed by atoms with E-state index >= 15 is 0 Å². The van der Waals surface area contributed by atoms with E-state index in [0.29, 0.717) is 34.9 Å². The van der Waals surface area contributed by atoms with Gasteiger partial charge >= 0.3 is 6.03 Å². The molecule has 4 rings (SSSR count). The number of halogens is 2. The highest BCUT2D eigenvalue weighted by Crippen LogP contribution is 2.38. The van der Waals surface area contributed by atoms with Gasteiger partial charge in [-0.1, -0.05) is 31.1 Å². The molecule has 2 heterocycles. The van der Waals surface area contributed by atoms with Crippen LogP contribution in [0.25, 0.3) is 17.0 Å². The molecule has 0 spiro atoms. The molecule has 0 aliphatic carbocycles. The summed E-state index contributed by atoms with van der Waals surface area (Å²) in [7, 11) is 1.38. The van der Waals surface area contributed by atoms with Crippen molar-refractivity contribution in [3.8, 4) is 17.1 Å². The first-order valence-electron chi connectivity index (χ1n) is 11.0. The van der Waals surface area contributed by atoms with Gasteiger partial charge in [0, 0.05) is 17.8 Å². The monoisotopic (exact) mass is 468 g/mol. The average Bonchev–Trinajstić information content (AvgIpc) is 3.28. The van der Waals surface area contributed by atoms with Gasteiger partial charge in [-0.2, -0.15) is 4.98 Å². The van der Waals surface area contributed by atoms with Gasteiger partial charge in [-0.05, 0) is 55.2 Å². The Morgan fingerprint density at radius 3 is 2.68 bits per heavy atom. The molecule has 3 aromatic rings. The Hall–Kier alpha value is -3.75. The van der Waals surface area contributed by atoms with Crippen LogP contribution in [0.2, 0.25) is 0 Å². The Bertz CT molecular complexity index is 1240. The number of hydrogen-bond donors (Lipinski definition) is 1. The van der Waals surface area contributed by atoms with E-state index in [1.165, 1.54) is 31.4 Å². The predicted octanol–water partition coefficient (Wildman–Crippen LogP) is 5.57. The molecular weight excluding hydrogens is 442 g/mol. The zero-order valence-electron chi connectivity index (χ0n) is 19.4. The summed E-state index contributed by atoms with van der Waals surface area (Å²) in [5.41, 5.74) is 2.14. The Morgan fingerprint density at radius 2 is 2.00 bits per heavy atom. The van der Waals surface area contributed by atoms with Crippen LogP contribution in [0.1, 0.15) is 44.7 Å². The number of ether oxygens (including phenoxy) is 1. The number of rotatable bonds is 7. The second-order valence-electron chi connectivity index (χ2n) is 8.54. The summed E-state index contributed by atoms with van der Waals surface area (Å²) < 4.78 is 38.8. The van der Waals surface area contributed by atoms with Gasteiger partial charge in [0.1, 0.15) is 5.82 Å². The van der Waals surface area contributed by atoms with E-state index in [2.05, 4.69) is 29.3 Å². The third-order valence-corrected chi connectivity index (χ3v) is 5.77. The fourth-order valence-corrected chi connectivity index (χ4v) is 3.91. The lowest BCUT2D eigenvalue weighted by Gasteiger charge is -2.35. The normalized spacial score (nSPS) is 16.3. The van der Waals surface area contributed by atoms with Gasteiger partial charge in [-0.25, -0.2) is 13.6 Å². The maximum atomic E-state index is 14.2. The maximum Gasteiger partial charge on any atom is 0.322 e. The standard InChI is InChI=1S/C25H26F2N4O3/c1-14(2)10-11-31-15(3)21(22(28-25(31)32)16-6-5-7-18(26)12-16)24-29-23(30-34-24)17-8-9-20(33-4)19(27)13-17/h5-9,12-14,22H,10-11H2,1-4H3,(H,28,32). The average molecular weight is 469 g/mol. The second-order valence-corrected chi connectivity index (χ2v) is 8.54. The van der Waals surface area contributed by atoms with Crippen molar-refractivity contribution in [2.45, 2.75) is 33.2 Å². The van der Waals surface area contributed by atoms with Crippen LogP contribution in [0.15, 0.2) is 52.7 Å². The lowest BCUT2D eigenvalue weighted by molar-refractivity contribution is 0.202. The lowest BCUT2D eigenvalue weighted by atomic mass is 9.94. The third kappa shape index (κ3) is 4.64. The molecule has 1 aliphatic rings. The van der Waals surface area contributed by atoms with E-state index in [9.17, 15) is 13.6 Å². The Balaban J connectivity index is 1.78. The van der Waals surface area contributed by atoms with Crippen LogP contribution >= 0.6 is 0 Å². The minimum absolute atomic E-state index is 0.105. The molecule has 1 atom stereocenters. The highest BCUT2D eigenvalue weighted by molar-refractivity contribution is 5.86. The lowest BCUT2D eigenvalue weighted by Crippen LogP contribution is -2.46. The molecule has 1 aliphatic heterocycles. The fourth-order valence-electron chi connectivity index (χ4n) is 3.91. The summed E-state index contributed by atoms with van der Waals surface area (Å²) in [6, 6.07) is 9.38. The molecule has 9 heteroatoms. The highest BCUT2D eigenvalue weighted by atomic mass is 19.1. The van der Waals surface area contributed by atoms with Crippen LogP contribution in [0.5, 0.6) is 5.75 Å². The van der Waals surface area contributed by atoms with E-state index in [1.807, 2.05) is 0 Å². The molecule has 0 saturated heterocycles. The summed E-state index contributed by atoms with van der Waals surface area (Å²) in [6.07, 6.45) is 0.795. The first kappa shape index (κ1) is 23.4. The Labute approximate surface area is 196 Å². The van der Waals surface area contributed by atoms with E-state index in [-0.39, 0.29) is 23.5 Å². The highest BCUT2D eigenvalue weighted by Gasteiger charge is 2.35. The van der Waals surface area contributed by atoms with Crippen LogP contribution in [-0.2, 0) is 0 Å². The van der Waals surface area contributed by atoms with Gasteiger partial charge in [0.15, 0.2) is 11.6 Å². The number of carbonyl (C=O) groups excluding carboxylic acids is 1. The number of aromatic nitrogens is 2. The van der Waals surface area contributed by atoms with E-state index in [4.69, 9.17) is 9.26 Å². The van der Waals surface area contributed by atoms with E-state index in [1.54, 1.807) is 30.0 Å². The Kier molecular flexibility index (Phi) is 6.63. The minimum Gasteiger partial charge on any atom is -0.494 e. The molecule has 1 unspecified atom stereocenters. The molecule has 1 aromatic heterocycles. The summed E-state index contributed by atoms with van der Waals surface area (Å²) in [5.74, 6) is -0.138. The van der Waals surface area contributed by atoms with Crippen molar-refractivity contribution >= 4 is 11.6 Å². The number of hydrogen-bond acceptors (Lipinski definition) is 5. The molecule has 0 bridgehead atoms. The molecule has 0 fully saturated rings. The quantitative estimate of drug-likeness (QED) is 0.491. The number of methoxy groups -OCH3 is 1. The van der Waals surface area contributed by atoms with E-state index < -0.39 is 17.7 Å². The van der Waals surface area contributed by atoms with E-state index in [0.717, 1.165) is 6.42 Å². The summed E-state index contributed by atoms with van der Waals surface area (Å²) in [5, 5.41) is 6.97. The molecule has 2 aromatic carbocycles. The first-order valence-corrected chi connectivity index (χ1v) is 11.0. The molecule has 7 nitrogen and oxygen atoms in total. The van der Waals surface area contributed by atoms with Crippen molar-refractivity contribution in [3.05, 3.63) is 71.3 Å². The van der Waals surface area contributed by atoms with Crippen LogP contribution in [0.3, 0.4) is 0 Å². The zero-order chi connectivity index (χ0) is 24.4. The zero-order valence-corrected chi connectivity index (χ0v) is 19.4. The largest absolute Gasteiger partial charge is 0.494 e. The molecule has 178 valence electrons. The van der Waals surface area contributed by atoms with Crippen molar-refractivity contribution < 1.29 is 22.8 Å². The molecule has 0 saturated carbocycles. The molecule has 2 amide bonds. The number of carbonyl (C=O) groups is 1. The van der Waals surface area contributed by atoms with Crippen LogP contribution in [0.4, 0.5) is 13.6 Å². The number of allylic oxidation sites excluding steroid dienone is 1. The molecule has 1 N–H and O–H groups in total. The topological polar surface area (TPSA) is 80.5 Å². The smallest absolute Gasteiger partial charge is 0.322 e. The number of urea groups is 1. The minimum atomic E-state index is -0.695. The number of amides is 2. The number of nitrogens with one attached hydrogen (secondary N) is 1. The van der Waals surface area contributed by atoms with Crippen molar-refractivity contribution in [2.75, 3.05) is 13.7 Å². The molecule has 0 radical (unpaired) electrons. The van der Waals surface area contributed by atoms with Crippen LogP contribution < -0.4 is 10.1 Å². The van der Waals surface area contributed by atoms with Crippen molar-refractivity contribution in [3.63, 3.8) is 0 Å². The Morgan fingerprint density at radius 1 is 1.21 bits per heavy atom. The van der Waals surface area contributed by atoms with Crippen molar-refractivity contribution in [1.82, 2.24) is 20.4 Å². The van der Waals surface area contributed by atoms with Crippen LogP contribution in [0, 0.1) is 17.6 Å². The van der Waals surface area contributed by atoms with Gasteiger partial charge < -0.3 is 14.6 Å². The predicted molar refractivity (Wildman–Crippen MR) is 123 cm³/mol. The summed E-state index contributed by atoms with van der Waals surface area (Å²) in [4.78, 5) is 19.1. The van der Waals surface area contributed by atoms with Gasteiger partial charge in [-0.3, -0.25) is 4.90 Å². The maximum absolute atomic E-state index is 14.2. The van der Waals surface area contributed by atoms with Crippen LogP contribution in [-0.4, -0.2) is 34.7 Å². The fraction of sp³-hybridized carbons (Fsp3) is 0.320. The summed E-state index contributed by atoms with van der Waals surface area (Å²) in [6.45, 7) is 6.46. The first-order chi connectivity index (χ1) is 16.3. The van der Waals surface area contributed by atoms with Crippen molar-refractivity contribution in [2.24, 2.45) is 5.92 Å². The van der Waals surface area contributed by atoms with Gasteiger partial charge in [0.2, 0.25) is 5.82 Å².